The minimum Gasteiger partial charge on any atom is -0.185 e. The Balaban J connectivity index is 0.000000354. The Kier molecular flexibility index (Phi) is 5.23. The molecule has 1 aromatic carbocycles. The molecule has 0 bridgehead atoms. The lowest BCUT2D eigenvalue weighted by Crippen LogP contribution is -1.78. The molecule has 0 heterocycles. The zero-order valence-corrected chi connectivity index (χ0v) is 8.52. The Labute approximate surface area is 79.4 Å². The molecule has 1 aromatic rings. The van der Waals surface area contributed by atoms with E-state index in [2.05, 4.69) is 51.6 Å². The average molecular weight is 179 g/mol. The van der Waals surface area contributed by atoms with Gasteiger partial charge in [-0.3, -0.25) is 0 Å². The van der Waals surface area contributed by atoms with Crippen molar-refractivity contribution in [3.63, 3.8) is 0 Å². The second-order valence-electron chi connectivity index (χ2n) is 2.77. The van der Waals surface area contributed by atoms with Crippen LogP contribution in [0, 0.1) is 31.4 Å². The van der Waals surface area contributed by atoms with Gasteiger partial charge in [-0.2, -0.15) is 5.26 Å². The van der Waals surface area contributed by atoms with Crippen LogP contribution >= 0.6 is 12.6 Å². The Morgan fingerprint density at radius 3 is 1.33 bits per heavy atom. The third kappa shape index (κ3) is 4.81. The van der Waals surface area contributed by atoms with E-state index in [-0.39, 0.29) is 0 Å². The van der Waals surface area contributed by atoms with Gasteiger partial charge in [0.1, 0.15) is 5.40 Å². The van der Waals surface area contributed by atoms with Gasteiger partial charge in [0.25, 0.3) is 0 Å². The summed E-state index contributed by atoms with van der Waals surface area (Å²) in [4.78, 5) is 0. The molecule has 0 aliphatic rings. The average Bonchev–Trinajstić information content (AvgIpc) is 1.84. The van der Waals surface area contributed by atoms with E-state index >= 15 is 0 Å². The van der Waals surface area contributed by atoms with Crippen molar-refractivity contribution in [2.45, 2.75) is 20.8 Å². The van der Waals surface area contributed by atoms with Crippen LogP contribution in [-0.4, -0.2) is 0 Å². The van der Waals surface area contributed by atoms with E-state index in [0.29, 0.717) is 0 Å². The molecule has 0 aliphatic carbocycles. The van der Waals surface area contributed by atoms with Crippen molar-refractivity contribution in [3.8, 4) is 5.40 Å². The van der Waals surface area contributed by atoms with Crippen LogP contribution in [0.5, 0.6) is 0 Å². The Morgan fingerprint density at radius 1 is 1.00 bits per heavy atom. The topological polar surface area (TPSA) is 23.8 Å². The van der Waals surface area contributed by atoms with Crippen LogP contribution in [0.4, 0.5) is 0 Å². The number of thiocyanates is 1. The van der Waals surface area contributed by atoms with E-state index in [1.54, 1.807) is 0 Å². The van der Waals surface area contributed by atoms with E-state index in [9.17, 15) is 0 Å². The van der Waals surface area contributed by atoms with E-state index in [0.717, 1.165) is 0 Å². The molecule has 0 atom stereocenters. The fraction of sp³-hybridized carbons (Fsp3) is 0.300. The maximum Gasteiger partial charge on any atom is 0.130 e. The number of rotatable bonds is 0. The molecule has 0 fully saturated rings. The molecule has 0 amide bonds. The largest absolute Gasteiger partial charge is 0.185 e. The van der Waals surface area contributed by atoms with Crippen molar-refractivity contribution < 1.29 is 0 Å². The van der Waals surface area contributed by atoms with Crippen molar-refractivity contribution in [2.75, 3.05) is 0 Å². The molecule has 0 N–H and O–H groups in total. The lowest BCUT2D eigenvalue weighted by Gasteiger charge is -1.96. The summed E-state index contributed by atoms with van der Waals surface area (Å²) in [7, 11) is 0. The van der Waals surface area contributed by atoms with Gasteiger partial charge >= 0.3 is 0 Å². The maximum absolute atomic E-state index is 7.18. The lowest BCUT2D eigenvalue weighted by atomic mass is 10.1. The van der Waals surface area contributed by atoms with Gasteiger partial charge in [-0.05, 0) is 20.8 Å². The molecule has 0 radical (unpaired) electrons. The van der Waals surface area contributed by atoms with Crippen molar-refractivity contribution in [3.05, 3.63) is 34.9 Å². The van der Waals surface area contributed by atoms with Crippen LogP contribution in [0.2, 0.25) is 0 Å². The van der Waals surface area contributed by atoms with Gasteiger partial charge in [0.05, 0.1) is 0 Å². The monoisotopic (exact) mass is 179 g/mol. The summed E-state index contributed by atoms with van der Waals surface area (Å²) >= 11 is 3.09. The second-order valence-corrected chi connectivity index (χ2v) is 2.97. The molecule has 12 heavy (non-hydrogen) atoms. The first-order valence-electron chi connectivity index (χ1n) is 3.68. The van der Waals surface area contributed by atoms with Crippen LogP contribution in [0.3, 0.4) is 0 Å². The first-order valence-corrected chi connectivity index (χ1v) is 4.13. The predicted molar refractivity (Wildman–Crippen MR) is 55.3 cm³/mol. The number of aryl methyl sites for hydroxylation is 3. The number of benzene rings is 1. The third-order valence-corrected chi connectivity index (χ3v) is 1.37. The Morgan fingerprint density at radius 2 is 1.17 bits per heavy atom. The molecule has 0 saturated heterocycles. The Bertz CT molecular complexity index is 236. The third-order valence-electron chi connectivity index (χ3n) is 1.37. The zero-order chi connectivity index (χ0) is 9.56. The zero-order valence-electron chi connectivity index (χ0n) is 7.63. The summed E-state index contributed by atoms with van der Waals surface area (Å²) in [5.41, 5.74) is 4.06. The molecule has 64 valence electrons. The van der Waals surface area contributed by atoms with E-state index in [1.165, 1.54) is 22.1 Å². The molecule has 0 aromatic heterocycles. The molecular formula is C10H13NS. The molecular weight excluding hydrogens is 166 g/mol. The first-order chi connectivity index (χ1) is 5.60. The molecule has 0 spiro atoms. The van der Waals surface area contributed by atoms with Crippen molar-refractivity contribution >= 4 is 12.6 Å². The van der Waals surface area contributed by atoms with Gasteiger partial charge in [-0.1, -0.05) is 47.5 Å². The van der Waals surface area contributed by atoms with Gasteiger partial charge in [-0.15, -0.1) is 0 Å². The highest BCUT2D eigenvalue weighted by molar-refractivity contribution is 7.85. The van der Waals surface area contributed by atoms with Crippen LogP contribution in [0.1, 0.15) is 16.7 Å². The minimum atomic E-state index is 1.35. The Hall–Kier alpha value is -0.940. The molecule has 1 nitrogen and oxygen atoms in total. The lowest BCUT2D eigenvalue weighted by molar-refractivity contribution is 1.32. The van der Waals surface area contributed by atoms with Crippen LogP contribution < -0.4 is 0 Å². The van der Waals surface area contributed by atoms with Crippen molar-refractivity contribution in [1.82, 2.24) is 0 Å². The SMILES string of the molecule is Cc1cc(C)cc(C)c1.N#CS. The fourth-order valence-corrected chi connectivity index (χ4v) is 1.20. The van der Waals surface area contributed by atoms with E-state index in [1.807, 2.05) is 0 Å². The van der Waals surface area contributed by atoms with Gasteiger partial charge in [0.15, 0.2) is 0 Å². The van der Waals surface area contributed by atoms with Crippen LogP contribution in [-0.2, 0) is 0 Å². The molecule has 0 unspecified atom stereocenters. The fourth-order valence-electron chi connectivity index (χ4n) is 1.20. The van der Waals surface area contributed by atoms with Crippen molar-refractivity contribution in [1.29, 1.82) is 5.26 Å². The second kappa shape index (κ2) is 5.68. The summed E-state index contributed by atoms with van der Waals surface area (Å²) in [5.74, 6) is 0. The van der Waals surface area contributed by atoms with Crippen molar-refractivity contribution in [2.24, 2.45) is 0 Å². The predicted octanol–water partition coefficient (Wildman–Crippen LogP) is 3.01. The summed E-state index contributed by atoms with van der Waals surface area (Å²) in [5, 5.41) is 8.63. The van der Waals surface area contributed by atoms with E-state index in [4.69, 9.17) is 5.26 Å². The number of thiol groups is 1. The summed E-state index contributed by atoms with van der Waals surface area (Å²) in [6.45, 7) is 6.38. The minimum absolute atomic E-state index is 1.35. The molecule has 2 heteroatoms. The number of hydrogen-bond acceptors (Lipinski definition) is 2. The molecule has 1 rings (SSSR count). The molecule has 0 saturated carbocycles. The van der Waals surface area contributed by atoms with E-state index < -0.39 is 0 Å². The standard InChI is InChI=1S/C9H12.CHNS/c1-7-4-8(2)6-9(3)5-7;2-1-3/h4-6H,1-3H3;3H. The summed E-state index contributed by atoms with van der Waals surface area (Å²) in [6, 6.07) is 6.56. The number of hydrogen-bond donors (Lipinski definition) is 1. The molecule has 0 aliphatic heterocycles. The highest BCUT2D eigenvalue weighted by atomic mass is 32.1. The quantitative estimate of drug-likeness (QED) is 0.480. The van der Waals surface area contributed by atoms with Crippen LogP contribution in [0.15, 0.2) is 18.2 Å². The van der Waals surface area contributed by atoms with Crippen LogP contribution in [0.25, 0.3) is 0 Å². The maximum atomic E-state index is 7.18. The highest BCUT2D eigenvalue weighted by Gasteiger charge is 1.87. The normalized spacial score (nSPS) is 7.92. The first kappa shape index (κ1) is 11.1. The number of nitriles is 1. The summed E-state index contributed by atoms with van der Waals surface area (Å²) in [6.07, 6.45) is 0. The van der Waals surface area contributed by atoms with Gasteiger partial charge in [0.2, 0.25) is 0 Å². The van der Waals surface area contributed by atoms with Gasteiger partial charge < -0.3 is 0 Å². The summed E-state index contributed by atoms with van der Waals surface area (Å²) < 4.78 is 0. The highest BCUT2D eigenvalue weighted by Crippen LogP contribution is 2.06. The smallest absolute Gasteiger partial charge is 0.130 e. The number of nitrogens with zero attached hydrogens (tertiary/aromatic N) is 1. The van der Waals surface area contributed by atoms with Gasteiger partial charge in [-0.25, -0.2) is 0 Å². The van der Waals surface area contributed by atoms with Gasteiger partial charge in [0, 0.05) is 0 Å².